The predicted molar refractivity (Wildman–Crippen MR) is 62.7 cm³/mol. The molecule has 0 heterocycles. The standard InChI is InChI=1S/C7H5ClF2INO2S/c8-5-3-4(11)1-2-6(5)12-15(13,14)7(9)10/h1-3,7,12H. The Morgan fingerprint density at radius 2 is 2.00 bits per heavy atom. The lowest BCUT2D eigenvalue weighted by Gasteiger charge is -2.08. The number of alkyl halides is 2. The molecule has 1 aromatic carbocycles. The van der Waals surface area contributed by atoms with E-state index in [0.29, 0.717) is 0 Å². The van der Waals surface area contributed by atoms with Crippen molar-refractivity contribution in [1.82, 2.24) is 0 Å². The zero-order valence-corrected chi connectivity index (χ0v) is 10.8. The minimum absolute atomic E-state index is 0.0580. The zero-order chi connectivity index (χ0) is 11.6. The largest absolute Gasteiger partial charge is 0.355 e. The summed E-state index contributed by atoms with van der Waals surface area (Å²) in [6, 6.07) is 4.34. The highest BCUT2D eigenvalue weighted by molar-refractivity contribution is 14.1. The Hall–Kier alpha value is -0.150. The number of rotatable bonds is 3. The monoisotopic (exact) mass is 367 g/mol. The lowest BCUT2D eigenvalue weighted by atomic mass is 10.3. The number of anilines is 1. The molecule has 0 aliphatic rings. The molecule has 0 fully saturated rings. The summed E-state index contributed by atoms with van der Waals surface area (Å²) in [6.45, 7) is 0. The third kappa shape index (κ3) is 3.42. The molecule has 0 aliphatic carbocycles. The van der Waals surface area contributed by atoms with Gasteiger partial charge in [-0.25, -0.2) is 8.42 Å². The molecule has 1 N–H and O–H groups in total. The lowest BCUT2D eigenvalue weighted by molar-refractivity contribution is 0.236. The van der Waals surface area contributed by atoms with Crippen molar-refractivity contribution in [3.63, 3.8) is 0 Å². The Bertz CT molecular complexity index is 466. The Morgan fingerprint density at radius 1 is 1.40 bits per heavy atom. The smallest absolute Gasteiger partial charge is 0.277 e. The molecule has 0 aliphatic heterocycles. The maximum atomic E-state index is 12.0. The molecule has 1 aromatic rings. The summed E-state index contributed by atoms with van der Waals surface area (Å²) in [5, 5.41) is 0.0751. The van der Waals surface area contributed by atoms with Crippen LogP contribution in [0.5, 0.6) is 0 Å². The van der Waals surface area contributed by atoms with Crippen LogP contribution >= 0.6 is 34.2 Å². The van der Waals surface area contributed by atoms with Gasteiger partial charge in [0.1, 0.15) is 0 Å². The average Bonchev–Trinajstić information content (AvgIpc) is 2.09. The van der Waals surface area contributed by atoms with E-state index < -0.39 is 15.8 Å². The van der Waals surface area contributed by atoms with Crippen LogP contribution < -0.4 is 4.72 Å². The van der Waals surface area contributed by atoms with E-state index in [4.69, 9.17) is 11.6 Å². The van der Waals surface area contributed by atoms with Gasteiger partial charge in [0.05, 0.1) is 10.7 Å². The summed E-state index contributed by atoms with van der Waals surface area (Å²) in [6.07, 6.45) is 0. The molecule has 0 saturated carbocycles. The number of nitrogens with one attached hydrogen (secondary N) is 1. The van der Waals surface area contributed by atoms with E-state index in [0.717, 1.165) is 3.57 Å². The Labute approximate surface area is 104 Å². The van der Waals surface area contributed by atoms with Crippen LogP contribution in [0.2, 0.25) is 5.02 Å². The van der Waals surface area contributed by atoms with Gasteiger partial charge in [-0.2, -0.15) is 8.78 Å². The summed E-state index contributed by atoms with van der Waals surface area (Å²) in [5.74, 6) is -3.48. The van der Waals surface area contributed by atoms with Gasteiger partial charge in [-0.15, -0.1) is 0 Å². The van der Waals surface area contributed by atoms with Crippen molar-refractivity contribution in [1.29, 1.82) is 0 Å². The molecule has 0 saturated heterocycles. The van der Waals surface area contributed by atoms with Crippen LogP contribution in [0.15, 0.2) is 18.2 Å². The molecule has 8 heteroatoms. The van der Waals surface area contributed by atoms with Crippen LogP contribution in [0.1, 0.15) is 0 Å². The van der Waals surface area contributed by atoms with Crippen molar-refractivity contribution in [3.8, 4) is 0 Å². The predicted octanol–water partition coefficient (Wildman–Crippen LogP) is 2.91. The maximum Gasteiger partial charge on any atom is 0.355 e. The summed E-state index contributed by atoms with van der Waals surface area (Å²) >= 11 is 7.63. The summed E-state index contributed by atoms with van der Waals surface area (Å²) < 4.78 is 48.1. The van der Waals surface area contributed by atoms with Crippen molar-refractivity contribution in [3.05, 3.63) is 26.8 Å². The molecule has 0 bridgehead atoms. The van der Waals surface area contributed by atoms with E-state index in [1.165, 1.54) is 12.1 Å². The molecule has 15 heavy (non-hydrogen) atoms. The van der Waals surface area contributed by atoms with Gasteiger partial charge in [-0.1, -0.05) is 11.6 Å². The molecule has 0 atom stereocenters. The Balaban J connectivity index is 3.01. The van der Waals surface area contributed by atoms with Crippen LogP contribution in [0.3, 0.4) is 0 Å². The number of halogens is 4. The van der Waals surface area contributed by atoms with Crippen LogP contribution in [-0.4, -0.2) is 14.2 Å². The fourth-order valence-corrected chi connectivity index (χ4v) is 2.30. The molecule has 0 unspecified atom stereocenters. The summed E-state index contributed by atoms with van der Waals surface area (Å²) in [7, 11) is -4.66. The highest BCUT2D eigenvalue weighted by atomic mass is 127. The highest BCUT2D eigenvalue weighted by Crippen LogP contribution is 2.25. The first kappa shape index (κ1) is 12.9. The molecule has 0 spiro atoms. The molecule has 3 nitrogen and oxygen atoms in total. The van der Waals surface area contributed by atoms with Crippen LogP contribution in [0, 0.1) is 3.57 Å². The molecule has 84 valence electrons. The van der Waals surface area contributed by atoms with E-state index in [2.05, 4.69) is 0 Å². The van der Waals surface area contributed by atoms with Crippen LogP contribution in [-0.2, 0) is 10.0 Å². The fraction of sp³-hybridized carbons (Fsp3) is 0.143. The van der Waals surface area contributed by atoms with Gasteiger partial charge in [-0.05, 0) is 40.8 Å². The van der Waals surface area contributed by atoms with E-state index in [1.54, 1.807) is 10.8 Å². The first-order valence-electron chi connectivity index (χ1n) is 3.58. The fourth-order valence-electron chi connectivity index (χ4n) is 0.770. The second kappa shape index (κ2) is 4.79. The minimum Gasteiger partial charge on any atom is -0.277 e. The number of benzene rings is 1. The number of hydrogen-bond acceptors (Lipinski definition) is 2. The van der Waals surface area contributed by atoms with Gasteiger partial charge in [0.15, 0.2) is 0 Å². The minimum atomic E-state index is -4.66. The van der Waals surface area contributed by atoms with Crippen LogP contribution in [0.4, 0.5) is 14.5 Å². The van der Waals surface area contributed by atoms with Crippen molar-refractivity contribution in [2.24, 2.45) is 0 Å². The van der Waals surface area contributed by atoms with Crippen LogP contribution in [0.25, 0.3) is 0 Å². The van der Waals surface area contributed by atoms with Gasteiger partial charge in [0.25, 0.3) is 10.0 Å². The Kier molecular flexibility index (Phi) is 4.13. The third-order valence-electron chi connectivity index (χ3n) is 1.42. The van der Waals surface area contributed by atoms with Gasteiger partial charge in [-0.3, -0.25) is 4.72 Å². The zero-order valence-electron chi connectivity index (χ0n) is 7.05. The van der Waals surface area contributed by atoms with Crippen molar-refractivity contribution in [2.45, 2.75) is 5.76 Å². The van der Waals surface area contributed by atoms with Crippen molar-refractivity contribution >= 4 is 49.9 Å². The SMILES string of the molecule is O=S(=O)(Nc1ccc(I)cc1Cl)C(F)F. The van der Waals surface area contributed by atoms with Gasteiger partial charge < -0.3 is 0 Å². The molecule has 0 aromatic heterocycles. The summed E-state index contributed by atoms with van der Waals surface area (Å²) in [5.41, 5.74) is -0.0580. The molecule has 0 amide bonds. The second-order valence-electron chi connectivity index (χ2n) is 2.53. The van der Waals surface area contributed by atoms with E-state index >= 15 is 0 Å². The molecule has 0 radical (unpaired) electrons. The lowest BCUT2D eigenvalue weighted by Crippen LogP contribution is -2.20. The molecule has 1 rings (SSSR count). The summed E-state index contributed by atoms with van der Waals surface area (Å²) in [4.78, 5) is 0. The van der Waals surface area contributed by atoms with E-state index in [9.17, 15) is 17.2 Å². The first-order valence-corrected chi connectivity index (χ1v) is 6.58. The second-order valence-corrected chi connectivity index (χ2v) is 5.84. The Morgan fingerprint density at radius 3 is 2.47 bits per heavy atom. The maximum absolute atomic E-state index is 12.0. The average molecular weight is 368 g/mol. The van der Waals surface area contributed by atoms with Gasteiger partial charge in [0, 0.05) is 3.57 Å². The number of sulfonamides is 1. The normalized spacial score (nSPS) is 11.8. The van der Waals surface area contributed by atoms with Gasteiger partial charge in [0.2, 0.25) is 0 Å². The molecular formula is C7H5ClF2INO2S. The van der Waals surface area contributed by atoms with Gasteiger partial charge >= 0.3 is 5.76 Å². The van der Waals surface area contributed by atoms with Crippen molar-refractivity contribution < 1.29 is 17.2 Å². The first-order chi connectivity index (χ1) is 6.83. The molecular weight excluding hydrogens is 363 g/mol. The van der Waals surface area contributed by atoms with E-state index in [1.807, 2.05) is 22.6 Å². The topological polar surface area (TPSA) is 46.2 Å². The third-order valence-corrected chi connectivity index (χ3v) is 3.38. The highest BCUT2D eigenvalue weighted by Gasteiger charge is 2.24. The van der Waals surface area contributed by atoms with Crippen molar-refractivity contribution in [2.75, 3.05) is 4.72 Å². The quantitative estimate of drug-likeness (QED) is 0.835. The number of hydrogen-bond donors (Lipinski definition) is 1. The van der Waals surface area contributed by atoms with E-state index in [-0.39, 0.29) is 10.7 Å².